The molecule has 8 aromatic rings. The number of anilines is 8. The van der Waals surface area contributed by atoms with Crippen LogP contribution in [0, 0.1) is 0 Å². The number of allylic oxidation sites excluding steroid dienone is 1. The molecule has 2 aliphatic heterocycles. The lowest BCUT2D eigenvalue weighted by Crippen LogP contribution is -2.57. The van der Waals surface area contributed by atoms with Crippen LogP contribution in [0.15, 0.2) is 187 Å². The van der Waals surface area contributed by atoms with E-state index in [-0.39, 0.29) is 41.9 Å². The third-order valence-electron chi connectivity index (χ3n) is 11.0. The number of hydrogen-bond donors (Lipinski definition) is 0. The molecule has 0 unspecified atom stereocenters. The van der Waals surface area contributed by atoms with Gasteiger partial charge in [-0.05, 0) is 89.7 Å². The van der Waals surface area contributed by atoms with Crippen LogP contribution >= 0.6 is 11.3 Å². The van der Waals surface area contributed by atoms with Gasteiger partial charge in [0, 0.05) is 77.1 Å². The van der Waals surface area contributed by atoms with Crippen LogP contribution in [0.4, 0.5) is 45.5 Å². The molecular formula is C49H36BN3S. The molecular weight excluding hydrogens is 673 g/mol. The van der Waals surface area contributed by atoms with E-state index in [0.29, 0.717) is 21.5 Å². The highest BCUT2D eigenvalue weighted by atomic mass is 32.1. The number of benzene rings is 7. The molecule has 3 aliphatic rings. The van der Waals surface area contributed by atoms with E-state index in [1.807, 2.05) is 114 Å². The minimum absolute atomic E-state index is 0.0371. The number of para-hydroxylation sites is 4. The number of hydrogen-bond acceptors (Lipinski definition) is 4. The average Bonchev–Trinajstić information content (AvgIpc) is 3.81. The molecule has 1 aliphatic carbocycles. The standard InChI is InChI=1S/C49H36BN3S/c1-49(2)47-46(44-38-26-15-16-29-43(38)54-48(44)49)53(36-24-13-6-14-25-36)41-28-17-27-40-45(41)50(47)39-31-30-37(32-42(39)52(40)35-22-11-5-12-23-35)51(33-18-7-3-8-19-33)34-20-9-4-10-21-34/h3-32H,1-2H3/i5D,11D,12D,15D,16D,22D,23D,26D,29D. The first-order valence-corrected chi connectivity index (χ1v) is 18.8. The zero-order valence-corrected chi connectivity index (χ0v) is 30.3. The third-order valence-corrected chi connectivity index (χ3v) is 12.4. The number of fused-ring (bicyclic) bond motifs is 7. The van der Waals surface area contributed by atoms with Gasteiger partial charge in [-0.3, -0.25) is 0 Å². The van der Waals surface area contributed by atoms with Crippen molar-refractivity contribution >= 4 is 90.3 Å². The molecule has 0 radical (unpaired) electrons. The molecule has 3 nitrogen and oxygen atoms in total. The average molecular weight is 719 g/mol. The van der Waals surface area contributed by atoms with Crippen LogP contribution in [-0.2, 0) is 5.41 Å². The first kappa shape index (κ1) is 23.4. The van der Waals surface area contributed by atoms with E-state index in [4.69, 9.17) is 8.22 Å². The zero-order chi connectivity index (χ0) is 43.8. The fourth-order valence-corrected chi connectivity index (χ4v) is 10.1. The lowest BCUT2D eigenvalue weighted by molar-refractivity contribution is 0.681. The Hall–Kier alpha value is -6.30. The van der Waals surface area contributed by atoms with Crippen molar-refractivity contribution in [1.82, 2.24) is 0 Å². The van der Waals surface area contributed by atoms with Crippen molar-refractivity contribution < 1.29 is 12.3 Å². The summed E-state index contributed by atoms with van der Waals surface area (Å²) in [5.41, 5.74) is 9.37. The Balaban J connectivity index is 1.28. The Morgan fingerprint density at radius 2 is 1.22 bits per heavy atom. The lowest BCUT2D eigenvalue weighted by atomic mass is 9.30. The van der Waals surface area contributed by atoms with Crippen LogP contribution < -0.4 is 25.6 Å². The van der Waals surface area contributed by atoms with Gasteiger partial charge in [-0.25, -0.2) is 0 Å². The molecule has 0 saturated heterocycles. The van der Waals surface area contributed by atoms with Crippen molar-refractivity contribution in [2.45, 2.75) is 19.3 Å². The molecule has 3 heterocycles. The van der Waals surface area contributed by atoms with Crippen molar-refractivity contribution in [1.29, 1.82) is 0 Å². The quantitative estimate of drug-likeness (QED) is 0.164. The van der Waals surface area contributed by atoms with E-state index < -0.39 is 30.3 Å². The van der Waals surface area contributed by atoms with Crippen LogP contribution in [0.5, 0.6) is 0 Å². The Labute approximate surface area is 333 Å². The highest BCUT2D eigenvalue weighted by Crippen LogP contribution is 2.59. The Kier molecular flexibility index (Phi) is 5.14. The van der Waals surface area contributed by atoms with Crippen LogP contribution in [-0.4, -0.2) is 6.71 Å². The largest absolute Gasteiger partial charge is 0.311 e. The van der Waals surface area contributed by atoms with Gasteiger partial charge in [-0.15, -0.1) is 11.3 Å². The van der Waals surface area contributed by atoms with Gasteiger partial charge in [0.1, 0.15) is 0 Å². The summed E-state index contributed by atoms with van der Waals surface area (Å²) >= 11 is 1.42. The first-order valence-electron chi connectivity index (χ1n) is 22.5. The maximum absolute atomic E-state index is 9.39. The van der Waals surface area contributed by atoms with Gasteiger partial charge in [0.15, 0.2) is 0 Å². The fraction of sp³-hybridized carbons (Fsp3) is 0.0612. The predicted octanol–water partition coefficient (Wildman–Crippen LogP) is 12.2. The highest BCUT2D eigenvalue weighted by molar-refractivity contribution is 7.20. The van der Waals surface area contributed by atoms with E-state index in [1.165, 1.54) is 11.3 Å². The fourth-order valence-electron chi connectivity index (χ4n) is 8.85. The zero-order valence-electron chi connectivity index (χ0n) is 38.5. The summed E-state index contributed by atoms with van der Waals surface area (Å²) < 4.78 is 81.3. The third kappa shape index (κ3) is 4.42. The van der Waals surface area contributed by atoms with Crippen molar-refractivity contribution in [3.05, 3.63) is 198 Å². The molecule has 0 bridgehead atoms. The molecule has 0 spiro atoms. The second kappa shape index (κ2) is 11.9. The van der Waals surface area contributed by atoms with E-state index >= 15 is 0 Å². The predicted molar refractivity (Wildman–Crippen MR) is 231 cm³/mol. The minimum Gasteiger partial charge on any atom is -0.311 e. The molecule has 0 atom stereocenters. The molecule has 256 valence electrons. The summed E-state index contributed by atoms with van der Waals surface area (Å²) in [5, 5.41) is 0.494. The molecule has 54 heavy (non-hydrogen) atoms. The van der Waals surface area contributed by atoms with Gasteiger partial charge in [-0.1, -0.05) is 122 Å². The van der Waals surface area contributed by atoms with Crippen molar-refractivity contribution in [2.75, 3.05) is 14.7 Å². The van der Waals surface area contributed by atoms with Crippen molar-refractivity contribution in [3.63, 3.8) is 0 Å². The van der Waals surface area contributed by atoms with E-state index in [2.05, 4.69) is 41.8 Å². The highest BCUT2D eigenvalue weighted by Gasteiger charge is 2.54. The van der Waals surface area contributed by atoms with Crippen LogP contribution in [0.25, 0.3) is 15.8 Å². The monoisotopic (exact) mass is 718 g/mol. The van der Waals surface area contributed by atoms with Gasteiger partial charge >= 0.3 is 0 Å². The van der Waals surface area contributed by atoms with Gasteiger partial charge in [0.2, 0.25) is 6.71 Å². The molecule has 0 fully saturated rings. The van der Waals surface area contributed by atoms with Gasteiger partial charge in [0.25, 0.3) is 0 Å². The van der Waals surface area contributed by atoms with Gasteiger partial charge in [0.05, 0.1) is 12.3 Å². The van der Waals surface area contributed by atoms with Crippen LogP contribution in [0.3, 0.4) is 0 Å². The SMILES string of the molecule is [2H]c1c([2H])c([2H])c(N2c3cc(N(c4ccccc4)c4ccccc4)ccc3B3C4=C(c5c(sc6c([2H])c([2H])c([2H])c([2H])c56)C4(C)C)N(c4ccccc4)c4cccc2c43)c([2H])c1[2H]. The van der Waals surface area contributed by atoms with Crippen molar-refractivity contribution in [3.8, 4) is 0 Å². The van der Waals surface area contributed by atoms with E-state index in [9.17, 15) is 4.11 Å². The maximum Gasteiger partial charge on any atom is 0.248 e. The van der Waals surface area contributed by atoms with E-state index in [1.54, 1.807) is 0 Å². The molecule has 1 aromatic heterocycles. The molecule has 7 aromatic carbocycles. The summed E-state index contributed by atoms with van der Waals surface area (Å²) in [5.74, 6) is 0. The Morgan fingerprint density at radius 1 is 0.593 bits per heavy atom. The van der Waals surface area contributed by atoms with Crippen molar-refractivity contribution in [2.24, 2.45) is 0 Å². The Morgan fingerprint density at radius 3 is 1.93 bits per heavy atom. The summed E-state index contributed by atoms with van der Waals surface area (Å²) in [6.45, 7) is 3.91. The topological polar surface area (TPSA) is 9.72 Å². The smallest absolute Gasteiger partial charge is 0.248 e. The normalized spacial score (nSPS) is 17.1. The molecule has 5 heteroatoms. The van der Waals surface area contributed by atoms with Crippen LogP contribution in [0.2, 0.25) is 0 Å². The second-order valence-electron chi connectivity index (χ2n) is 14.3. The summed E-state index contributed by atoms with van der Waals surface area (Å²) in [4.78, 5) is 7.12. The first-order chi connectivity index (χ1) is 30.3. The lowest BCUT2D eigenvalue weighted by Gasteiger charge is -2.46. The maximum atomic E-state index is 9.39. The molecule has 0 saturated carbocycles. The van der Waals surface area contributed by atoms with Gasteiger partial charge < -0.3 is 14.7 Å². The summed E-state index contributed by atoms with van der Waals surface area (Å²) in [7, 11) is 0. The molecule has 0 amide bonds. The van der Waals surface area contributed by atoms with Crippen LogP contribution in [0.1, 0.15) is 36.6 Å². The molecule has 0 N–H and O–H groups in total. The Bertz CT molecular complexity index is 3220. The minimum atomic E-state index is -0.699. The number of nitrogens with zero attached hydrogens (tertiary/aromatic N) is 3. The summed E-state index contributed by atoms with van der Waals surface area (Å²) in [6.07, 6.45) is 0. The summed E-state index contributed by atoms with van der Waals surface area (Å²) in [6, 6.07) is 39.5. The van der Waals surface area contributed by atoms with E-state index in [0.717, 1.165) is 61.0 Å². The molecule has 11 rings (SSSR count). The van der Waals surface area contributed by atoms with Gasteiger partial charge in [-0.2, -0.15) is 0 Å². The number of thiophene rings is 1. The number of rotatable bonds is 5. The second-order valence-corrected chi connectivity index (χ2v) is 15.3.